The van der Waals surface area contributed by atoms with E-state index in [1.807, 2.05) is 12.1 Å². The van der Waals surface area contributed by atoms with Crippen molar-refractivity contribution in [3.8, 4) is 10.6 Å². The number of thiazole rings is 1. The molecule has 0 saturated carbocycles. The zero-order chi connectivity index (χ0) is 15.8. The minimum atomic E-state index is -2.16. The molecular formula is C17H15N3PS2+. The first-order chi connectivity index (χ1) is 11.1. The van der Waals surface area contributed by atoms with Crippen molar-refractivity contribution in [3.63, 3.8) is 0 Å². The van der Waals surface area contributed by atoms with Gasteiger partial charge in [-0.3, -0.25) is 0 Å². The van der Waals surface area contributed by atoms with Crippen LogP contribution in [-0.4, -0.2) is 11.7 Å². The molecule has 3 nitrogen and oxygen atoms in total. The number of aromatic nitrogens is 1. The fourth-order valence-electron chi connectivity index (χ4n) is 4.07. The molecular weight excluding hydrogens is 341 g/mol. The second kappa shape index (κ2) is 4.44. The molecule has 2 aliphatic heterocycles. The Kier molecular flexibility index (Phi) is 2.65. The van der Waals surface area contributed by atoms with Crippen LogP contribution in [0.1, 0.15) is 5.56 Å². The van der Waals surface area contributed by atoms with Gasteiger partial charge in [0.1, 0.15) is 0 Å². The number of hydrogen-bond acceptors (Lipinski definition) is 3. The molecule has 2 aliphatic rings. The van der Waals surface area contributed by atoms with Crippen LogP contribution in [0, 0.1) is 5.41 Å². The van der Waals surface area contributed by atoms with Gasteiger partial charge in [0, 0.05) is 0 Å². The Morgan fingerprint density at radius 1 is 1.17 bits per heavy atom. The van der Waals surface area contributed by atoms with Gasteiger partial charge in [0.15, 0.2) is 0 Å². The summed E-state index contributed by atoms with van der Waals surface area (Å²) in [6.07, 6.45) is 2.21. The summed E-state index contributed by atoms with van der Waals surface area (Å²) in [5, 5.41) is 18.2. The monoisotopic (exact) mass is 356 g/mol. The molecule has 3 aromatic rings. The number of nitrogens with one attached hydrogen (secondary N) is 2. The van der Waals surface area contributed by atoms with Gasteiger partial charge in [-0.05, 0) is 0 Å². The van der Waals surface area contributed by atoms with Crippen LogP contribution < -0.4 is 20.3 Å². The van der Waals surface area contributed by atoms with E-state index in [-0.39, 0.29) is 0 Å². The van der Waals surface area contributed by atoms with Crippen molar-refractivity contribution < 1.29 is 4.34 Å². The van der Waals surface area contributed by atoms with Crippen LogP contribution in [0.15, 0.2) is 48.0 Å². The summed E-state index contributed by atoms with van der Waals surface area (Å²) in [5.41, 5.74) is 4.61. The van der Waals surface area contributed by atoms with E-state index >= 15 is 0 Å². The van der Waals surface area contributed by atoms with Gasteiger partial charge < -0.3 is 0 Å². The van der Waals surface area contributed by atoms with Gasteiger partial charge in [-0.15, -0.1) is 0 Å². The normalized spacial score (nSPS) is 16.8. The van der Waals surface area contributed by atoms with Crippen LogP contribution in [0.5, 0.6) is 0 Å². The van der Waals surface area contributed by atoms with Crippen LogP contribution in [0.2, 0.25) is 0 Å². The molecule has 0 fully saturated rings. The van der Waals surface area contributed by atoms with E-state index < -0.39 is 7.41 Å². The standard InChI is InChI=1S/C17H14N3PS2/c1-21-14-10(16(18)22)4-2-6-12(14)19-13-7-3-5-11(15(13)21)17-20(21)8-9-23-17/h2-9,19,21H,1H3,(H-,18,22)/p+1. The Labute approximate surface area is 144 Å². The van der Waals surface area contributed by atoms with Crippen LogP contribution >= 0.6 is 31.4 Å². The first-order valence-electron chi connectivity index (χ1n) is 7.44. The summed E-state index contributed by atoms with van der Waals surface area (Å²) in [6, 6.07) is 12.7. The summed E-state index contributed by atoms with van der Waals surface area (Å²) >= 11 is 6.15. The second-order valence-corrected chi connectivity index (χ2v) is 11.0. The summed E-state index contributed by atoms with van der Waals surface area (Å²) in [6.45, 7) is 2.39. The maximum atomic E-state index is 8.13. The van der Waals surface area contributed by atoms with Gasteiger partial charge >= 0.3 is 144 Å². The Morgan fingerprint density at radius 2 is 1.91 bits per heavy atom. The van der Waals surface area contributed by atoms with E-state index in [2.05, 4.69) is 64.8 Å². The third-order valence-corrected chi connectivity index (χ3v) is 10.6. The van der Waals surface area contributed by atoms with Crippen LogP contribution in [0.25, 0.3) is 10.6 Å². The molecule has 1 aromatic heterocycles. The molecule has 0 atom stereocenters. The number of anilines is 2. The van der Waals surface area contributed by atoms with Gasteiger partial charge in [-0.2, -0.15) is 0 Å². The van der Waals surface area contributed by atoms with Crippen molar-refractivity contribution in [2.75, 3.05) is 12.0 Å². The van der Waals surface area contributed by atoms with E-state index in [9.17, 15) is 0 Å². The van der Waals surface area contributed by atoms with Crippen LogP contribution in [0.4, 0.5) is 11.4 Å². The average Bonchev–Trinajstić information content (AvgIpc) is 3.11. The second-order valence-electron chi connectivity index (χ2n) is 6.08. The van der Waals surface area contributed by atoms with Gasteiger partial charge in [-0.1, -0.05) is 0 Å². The molecule has 0 amide bonds. The molecule has 23 heavy (non-hydrogen) atoms. The minimum absolute atomic E-state index is 0.336. The molecule has 5 rings (SSSR count). The Bertz CT molecular complexity index is 1010. The molecule has 114 valence electrons. The molecule has 6 heteroatoms. The fraction of sp³-hybridized carbons (Fsp3) is 0.0588. The quantitative estimate of drug-likeness (QED) is 0.267. The van der Waals surface area contributed by atoms with Gasteiger partial charge in [0.05, 0.1) is 0 Å². The molecule has 0 unspecified atom stereocenters. The fourth-order valence-corrected chi connectivity index (χ4v) is 10.5. The van der Waals surface area contributed by atoms with Crippen molar-refractivity contribution >= 4 is 58.4 Å². The van der Waals surface area contributed by atoms with Crippen LogP contribution in [0.3, 0.4) is 0 Å². The Hall–Kier alpha value is -1.68. The predicted molar refractivity (Wildman–Crippen MR) is 104 cm³/mol. The van der Waals surface area contributed by atoms with Gasteiger partial charge in [0.2, 0.25) is 0 Å². The summed E-state index contributed by atoms with van der Waals surface area (Å²) < 4.78 is 2.48. The van der Waals surface area contributed by atoms with Crippen molar-refractivity contribution in [1.29, 1.82) is 5.41 Å². The number of rotatable bonds is 1. The van der Waals surface area contributed by atoms with E-state index in [0.29, 0.717) is 5.04 Å². The zero-order valence-electron chi connectivity index (χ0n) is 12.4. The third-order valence-electron chi connectivity index (χ3n) is 4.95. The van der Waals surface area contributed by atoms with Crippen molar-refractivity contribution in [2.24, 2.45) is 0 Å². The first-order valence-corrected chi connectivity index (χ1v) is 11.2. The first kappa shape index (κ1) is 13.7. The number of hydrogen-bond donors (Lipinski definition) is 3. The Balaban J connectivity index is 1.98. The molecule has 0 aliphatic carbocycles. The molecule has 0 radical (unpaired) electrons. The van der Waals surface area contributed by atoms with Crippen molar-refractivity contribution in [3.05, 3.63) is 53.5 Å². The summed E-state index contributed by atoms with van der Waals surface area (Å²) in [4.78, 5) is 0. The van der Waals surface area contributed by atoms with E-state index in [1.54, 1.807) is 11.3 Å². The van der Waals surface area contributed by atoms with E-state index in [1.165, 1.54) is 26.9 Å². The number of thiol groups is 1. The number of benzene rings is 2. The predicted octanol–water partition coefficient (Wildman–Crippen LogP) is 3.12. The maximum absolute atomic E-state index is 8.13. The zero-order valence-corrected chi connectivity index (χ0v) is 15.1. The molecule has 0 saturated heterocycles. The molecule has 2 aromatic carbocycles. The summed E-state index contributed by atoms with van der Waals surface area (Å²) in [7, 11) is -2.16. The van der Waals surface area contributed by atoms with E-state index in [4.69, 9.17) is 5.41 Å². The van der Waals surface area contributed by atoms with Crippen molar-refractivity contribution in [1.82, 2.24) is 0 Å². The van der Waals surface area contributed by atoms with Gasteiger partial charge in [0.25, 0.3) is 0 Å². The number of nitrogens with zero attached hydrogens (tertiary/aromatic N) is 1. The molecule has 2 N–H and O–H groups in total. The van der Waals surface area contributed by atoms with Crippen molar-refractivity contribution in [2.45, 2.75) is 0 Å². The average molecular weight is 356 g/mol. The van der Waals surface area contributed by atoms with E-state index in [0.717, 1.165) is 11.3 Å². The topological polar surface area (TPSA) is 39.8 Å². The number of fused-ring (bicyclic) bond motifs is 5. The van der Waals surface area contributed by atoms with Crippen LogP contribution in [-0.2, 0) is 0 Å². The summed E-state index contributed by atoms with van der Waals surface area (Å²) in [5.74, 6) is 0. The SMILES string of the molecule is C[PH]12c3c(cccc3C(=N)S)Nc3cccc(c31)-c1scc[n+]12. The molecule has 0 bridgehead atoms. The molecule has 0 spiro atoms. The molecule has 3 heterocycles. The van der Waals surface area contributed by atoms with Gasteiger partial charge in [-0.25, -0.2) is 0 Å². The third kappa shape index (κ3) is 1.55. The Morgan fingerprint density at radius 3 is 2.70 bits per heavy atom.